The molecule has 0 bridgehead atoms. The van der Waals surface area contributed by atoms with E-state index < -0.39 is 6.10 Å². The zero-order valence-electron chi connectivity index (χ0n) is 14.6. The van der Waals surface area contributed by atoms with Crippen LogP contribution in [0.15, 0.2) is 6.07 Å². The zero-order chi connectivity index (χ0) is 16.3. The molecule has 4 heteroatoms. The summed E-state index contributed by atoms with van der Waals surface area (Å²) in [4.78, 5) is 2.44. The standard InChI is InChI=1S/C18H30N2O2/c1-12-10-16(22-5)14(3)15(4)17(12)18(21)13(2)11-20-8-6-19-7-9-20/h10,13,18-19,21H,6-9,11H2,1-5H3. The number of ether oxygens (including phenoxy) is 1. The minimum Gasteiger partial charge on any atom is -0.496 e. The van der Waals surface area contributed by atoms with Gasteiger partial charge in [-0.1, -0.05) is 6.92 Å². The molecule has 1 aliphatic heterocycles. The van der Waals surface area contributed by atoms with Crippen molar-refractivity contribution in [1.29, 1.82) is 0 Å². The van der Waals surface area contributed by atoms with Gasteiger partial charge in [-0.15, -0.1) is 0 Å². The van der Waals surface area contributed by atoms with E-state index in [1.54, 1.807) is 7.11 Å². The molecular weight excluding hydrogens is 276 g/mol. The Morgan fingerprint density at radius 2 is 1.86 bits per heavy atom. The van der Waals surface area contributed by atoms with Gasteiger partial charge in [0.1, 0.15) is 5.75 Å². The average Bonchev–Trinajstić information content (AvgIpc) is 2.51. The molecule has 2 N–H and O–H groups in total. The lowest BCUT2D eigenvalue weighted by molar-refractivity contribution is 0.0832. The number of aliphatic hydroxyl groups excluding tert-OH is 1. The van der Waals surface area contributed by atoms with Gasteiger partial charge in [-0.2, -0.15) is 0 Å². The molecule has 1 aliphatic rings. The first-order chi connectivity index (χ1) is 10.5. The van der Waals surface area contributed by atoms with Crippen LogP contribution in [0.25, 0.3) is 0 Å². The third kappa shape index (κ3) is 3.62. The van der Waals surface area contributed by atoms with E-state index in [0.29, 0.717) is 0 Å². The molecule has 0 aliphatic carbocycles. The van der Waals surface area contributed by atoms with Crippen LogP contribution in [0.3, 0.4) is 0 Å². The van der Waals surface area contributed by atoms with Crippen LogP contribution in [0.1, 0.15) is 35.3 Å². The predicted molar refractivity (Wildman–Crippen MR) is 90.6 cm³/mol. The Hall–Kier alpha value is -1.10. The topological polar surface area (TPSA) is 44.7 Å². The number of piperazine rings is 1. The van der Waals surface area contributed by atoms with Crippen LogP contribution in [-0.4, -0.2) is 49.8 Å². The maximum atomic E-state index is 10.9. The molecule has 1 saturated heterocycles. The number of methoxy groups -OCH3 is 1. The van der Waals surface area contributed by atoms with Crippen molar-refractivity contribution in [3.8, 4) is 5.75 Å². The number of benzene rings is 1. The van der Waals surface area contributed by atoms with Crippen LogP contribution >= 0.6 is 0 Å². The smallest absolute Gasteiger partial charge is 0.122 e. The Bertz CT molecular complexity index is 510. The average molecular weight is 306 g/mol. The van der Waals surface area contributed by atoms with E-state index in [9.17, 15) is 5.11 Å². The van der Waals surface area contributed by atoms with Crippen LogP contribution in [0.4, 0.5) is 0 Å². The molecule has 1 fully saturated rings. The van der Waals surface area contributed by atoms with Crippen LogP contribution in [0.2, 0.25) is 0 Å². The molecule has 1 aromatic carbocycles. The Balaban J connectivity index is 2.17. The highest BCUT2D eigenvalue weighted by Crippen LogP contribution is 2.34. The molecule has 1 aromatic rings. The third-order valence-corrected chi connectivity index (χ3v) is 4.92. The quantitative estimate of drug-likeness (QED) is 0.875. The van der Waals surface area contributed by atoms with Crippen LogP contribution in [-0.2, 0) is 0 Å². The van der Waals surface area contributed by atoms with Gasteiger partial charge in [-0.05, 0) is 55.0 Å². The maximum absolute atomic E-state index is 10.9. The molecule has 2 rings (SSSR count). The number of nitrogens with one attached hydrogen (secondary N) is 1. The van der Waals surface area contributed by atoms with Crippen LogP contribution < -0.4 is 10.1 Å². The van der Waals surface area contributed by atoms with Gasteiger partial charge >= 0.3 is 0 Å². The first-order valence-electron chi connectivity index (χ1n) is 8.21. The highest BCUT2D eigenvalue weighted by molar-refractivity contribution is 5.49. The zero-order valence-corrected chi connectivity index (χ0v) is 14.6. The highest BCUT2D eigenvalue weighted by Gasteiger charge is 2.24. The molecular formula is C18H30N2O2. The third-order valence-electron chi connectivity index (χ3n) is 4.92. The van der Waals surface area contributed by atoms with Gasteiger partial charge in [0, 0.05) is 32.7 Å². The van der Waals surface area contributed by atoms with Crippen molar-refractivity contribution in [1.82, 2.24) is 10.2 Å². The second kappa shape index (κ2) is 7.44. The fourth-order valence-electron chi connectivity index (χ4n) is 3.42. The summed E-state index contributed by atoms with van der Waals surface area (Å²) in [5.74, 6) is 1.11. The molecule has 0 spiro atoms. The lowest BCUT2D eigenvalue weighted by Gasteiger charge is -2.32. The molecule has 0 amide bonds. The van der Waals surface area contributed by atoms with Gasteiger partial charge in [0.2, 0.25) is 0 Å². The minimum atomic E-state index is -0.431. The minimum absolute atomic E-state index is 0.211. The Kier molecular flexibility index (Phi) is 5.84. The predicted octanol–water partition coefficient (Wildman–Crippen LogP) is 2.20. The molecule has 4 nitrogen and oxygen atoms in total. The summed E-state index contributed by atoms with van der Waals surface area (Å²) in [6.07, 6.45) is -0.431. The largest absolute Gasteiger partial charge is 0.496 e. The van der Waals surface area contributed by atoms with E-state index in [2.05, 4.69) is 37.9 Å². The molecule has 124 valence electrons. The van der Waals surface area contributed by atoms with E-state index in [1.165, 1.54) is 0 Å². The molecule has 0 saturated carbocycles. The maximum Gasteiger partial charge on any atom is 0.122 e. The number of hydrogen-bond donors (Lipinski definition) is 2. The van der Waals surface area contributed by atoms with E-state index in [-0.39, 0.29) is 5.92 Å². The van der Waals surface area contributed by atoms with Crippen molar-refractivity contribution < 1.29 is 9.84 Å². The first kappa shape index (κ1) is 17.3. The van der Waals surface area contributed by atoms with E-state index >= 15 is 0 Å². The van der Waals surface area contributed by atoms with Gasteiger partial charge in [0.15, 0.2) is 0 Å². The van der Waals surface area contributed by atoms with Gasteiger partial charge in [-0.3, -0.25) is 0 Å². The fraction of sp³-hybridized carbons (Fsp3) is 0.667. The van der Waals surface area contributed by atoms with E-state index in [0.717, 1.165) is 60.7 Å². The molecule has 2 atom stereocenters. The van der Waals surface area contributed by atoms with Crippen LogP contribution in [0, 0.1) is 26.7 Å². The summed E-state index contributed by atoms with van der Waals surface area (Å²) >= 11 is 0. The van der Waals surface area contributed by atoms with Crippen LogP contribution in [0.5, 0.6) is 5.75 Å². The highest BCUT2D eigenvalue weighted by atomic mass is 16.5. The normalized spacial score (nSPS) is 19.0. The number of rotatable bonds is 5. The number of aliphatic hydroxyl groups is 1. The summed E-state index contributed by atoms with van der Waals surface area (Å²) in [5.41, 5.74) is 4.45. The first-order valence-corrected chi connectivity index (χ1v) is 8.21. The van der Waals surface area contributed by atoms with Crippen molar-refractivity contribution >= 4 is 0 Å². The second-order valence-electron chi connectivity index (χ2n) is 6.53. The number of nitrogens with zero attached hydrogens (tertiary/aromatic N) is 1. The van der Waals surface area contributed by atoms with E-state index in [1.807, 2.05) is 6.07 Å². The van der Waals surface area contributed by atoms with Gasteiger partial charge < -0.3 is 20.1 Å². The van der Waals surface area contributed by atoms with Crippen molar-refractivity contribution in [2.24, 2.45) is 5.92 Å². The lowest BCUT2D eigenvalue weighted by atomic mass is 9.88. The van der Waals surface area contributed by atoms with Crippen molar-refractivity contribution in [3.63, 3.8) is 0 Å². The summed E-state index contributed by atoms with van der Waals surface area (Å²) in [6, 6.07) is 2.04. The summed E-state index contributed by atoms with van der Waals surface area (Å²) in [7, 11) is 1.70. The van der Waals surface area contributed by atoms with Gasteiger partial charge in [0.25, 0.3) is 0 Å². The Morgan fingerprint density at radius 1 is 1.23 bits per heavy atom. The molecule has 0 radical (unpaired) electrons. The second-order valence-corrected chi connectivity index (χ2v) is 6.53. The fourth-order valence-corrected chi connectivity index (χ4v) is 3.42. The Labute approximate surface area is 134 Å². The van der Waals surface area contributed by atoms with Gasteiger partial charge in [0.05, 0.1) is 13.2 Å². The van der Waals surface area contributed by atoms with Crippen molar-refractivity contribution in [2.45, 2.75) is 33.8 Å². The summed E-state index contributed by atoms with van der Waals surface area (Å²) in [6.45, 7) is 13.5. The molecule has 2 unspecified atom stereocenters. The SMILES string of the molecule is COc1cc(C)c(C(O)C(C)CN2CCNCC2)c(C)c1C. The monoisotopic (exact) mass is 306 g/mol. The van der Waals surface area contributed by atoms with Gasteiger partial charge in [-0.25, -0.2) is 0 Å². The number of hydrogen-bond acceptors (Lipinski definition) is 4. The van der Waals surface area contributed by atoms with Crippen molar-refractivity contribution in [3.05, 3.63) is 28.3 Å². The van der Waals surface area contributed by atoms with E-state index in [4.69, 9.17) is 4.74 Å². The molecule has 1 heterocycles. The summed E-state index contributed by atoms with van der Waals surface area (Å²) < 4.78 is 5.43. The summed E-state index contributed by atoms with van der Waals surface area (Å²) in [5, 5.41) is 14.3. The molecule has 0 aromatic heterocycles. The molecule has 22 heavy (non-hydrogen) atoms. The number of aryl methyl sites for hydroxylation is 1. The Morgan fingerprint density at radius 3 is 2.45 bits per heavy atom. The lowest BCUT2D eigenvalue weighted by Crippen LogP contribution is -2.45. The van der Waals surface area contributed by atoms with Crippen molar-refractivity contribution in [2.75, 3.05) is 39.8 Å².